The van der Waals surface area contributed by atoms with Gasteiger partial charge < -0.3 is 9.80 Å². The summed E-state index contributed by atoms with van der Waals surface area (Å²) >= 11 is 1.36. The molecular weight excluding hydrogens is 348 g/mol. The monoisotopic (exact) mass is 366 g/mol. The number of piperazine rings is 1. The Morgan fingerprint density at radius 1 is 1.21 bits per heavy atom. The molecule has 0 aliphatic carbocycles. The maximum Gasteiger partial charge on any atom is 0.254 e. The number of carbonyl (C=O) groups is 1. The molecule has 0 unspecified atom stereocenters. The summed E-state index contributed by atoms with van der Waals surface area (Å²) in [5.41, 5.74) is 0.401. The van der Waals surface area contributed by atoms with Crippen molar-refractivity contribution in [1.29, 1.82) is 0 Å². The van der Waals surface area contributed by atoms with Crippen molar-refractivity contribution in [1.82, 2.24) is 14.3 Å². The second-order valence-electron chi connectivity index (χ2n) is 5.70. The van der Waals surface area contributed by atoms with Crippen molar-refractivity contribution < 1.29 is 13.2 Å². The van der Waals surface area contributed by atoms with E-state index in [0.717, 1.165) is 17.2 Å². The van der Waals surface area contributed by atoms with Crippen LogP contribution in [-0.4, -0.2) is 61.0 Å². The van der Waals surface area contributed by atoms with Gasteiger partial charge in [0.1, 0.15) is 5.82 Å². The molecule has 0 saturated carbocycles. The number of hydrogen-bond donors (Lipinski definition) is 0. The highest BCUT2D eigenvalue weighted by Crippen LogP contribution is 2.20. The minimum atomic E-state index is -3.32. The van der Waals surface area contributed by atoms with Crippen LogP contribution in [0.25, 0.3) is 0 Å². The average Bonchev–Trinajstić information content (AvgIpc) is 3.00. The van der Waals surface area contributed by atoms with Gasteiger partial charge in [0, 0.05) is 49.5 Å². The van der Waals surface area contributed by atoms with E-state index in [2.05, 4.69) is 14.3 Å². The van der Waals surface area contributed by atoms with Crippen LogP contribution in [0.1, 0.15) is 16.2 Å². The fraction of sp³-hybridized carbons (Fsp3) is 0.400. The zero-order valence-electron chi connectivity index (χ0n) is 13.5. The molecule has 0 N–H and O–H groups in total. The van der Waals surface area contributed by atoms with Gasteiger partial charge in [-0.3, -0.25) is 4.79 Å². The van der Waals surface area contributed by atoms with Gasteiger partial charge in [-0.05, 0) is 25.1 Å². The Labute approximate surface area is 145 Å². The molecule has 1 amide bonds. The van der Waals surface area contributed by atoms with Gasteiger partial charge in [-0.15, -0.1) is 0 Å². The molecule has 128 valence electrons. The summed E-state index contributed by atoms with van der Waals surface area (Å²) in [5, 5.41) is 0.874. The van der Waals surface area contributed by atoms with Crippen LogP contribution in [0.15, 0.2) is 29.2 Å². The second-order valence-corrected chi connectivity index (χ2v) is 8.45. The predicted octanol–water partition coefficient (Wildman–Crippen LogP) is 1.21. The number of amides is 1. The highest BCUT2D eigenvalue weighted by molar-refractivity contribution is 7.90. The minimum Gasteiger partial charge on any atom is -0.343 e. The second kappa shape index (κ2) is 6.48. The van der Waals surface area contributed by atoms with Crippen LogP contribution in [0.3, 0.4) is 0 Å². The van der Waals surface area contributed by atoms with Crippen LogP contribution in [0, 0.1) is 6.92 Å². The van der Waals surface area contributed by atoms with Crippen molar-refractivity contribution in [3.63, 3.8) is 0 Å². The molecule has 0 bridgehead atoms. The summed E-state index contributed by atoms with van der Waals surface area (Å²) in [7, 11) is -3.32. The zero-order chi connectivity index (χ0) is 17.3. The minimum absolute atomic E-state index is 0.145. The van der Waals surface area contributed by atoms with E-state index in [0.29, 0.717) is 31.7 Å². The number of anilines is 1. The maximum absolute atomic E-state index is 12.6. The summed E-state index contributed by atoms with van der Waals surface area (Å²) < 4.78 is 27.5. The summed E-state index contributed by atoms with van der Waals surface area (Å²) in [5.74, 6) is 0.611. The highest BCUT2D eigenvalue weighted by Gasteiger charge is 2.24. The lowest BCUT2D eigenvalue weighted by atomic mass is 10.2. The molecule has 1 saturated heterocycles. The van der Waals surface area contributed by atoms with Crippen LogP contribution >= 0.6 is 11.5 Å². The highest BCUT2D eigenvalue weighted by atomic mass is 32.2. The number of rotatable bonds is 3. The Morgan fingerprint density at radius 3 is 2.50 bits per heavy atom. The molecule has 9 heteroatoms. The van der Waals surface area contributed by atoms with Crippen LogP contribution in [0.2, 0.25) is 0 Å². The predicted molar refractivity (Wildman–Crippen MR) is 92.3 cm³/mol. The summed E-state index contributed by atoms with van der Waals surface area (Å²) in [6.07, 6.45) is 1.14. The first-order valence-electron chi connectivity index (χ1n) is 7.49. The van der Waals surface area contributed by atoms with Gasteiger partial charge >= 0.3 is 0 Å². The molecule has 7 nitrogen and oxygen atoms in total. The maximum atomic E-state index is 12.6. The smallest absolute Gasteiger partial charge is 0.254 e. The van der Waals surface area contributed by atoms with Crippen molar-refractivity contribution >= 4 is 32.4 Å². The van der Waals surface area contributed by atoms with Crippen LogP contribution < -0.4 is 4.90 Å². The first kappa shape index (κ1) is 16.8. The molecule has 0 radical (unpaired) electrons. The molecular formula is C15H18N4O3S2. The third kappa shape index (κ3) is 3.57. The number of hydrogen-bond acceptors (Lipinski definition) is 7. The lowest BCUT2D eigenvalue weighted by molar-refractivity contribution is 0.0746. The zero-order valence-corrected chi connectivity index (χ0v) is 15.1. The Hall–Kier alpha value is -2.00. The first-order chi connectivity index (χ1) is 11.3. The van der Waals surface area contributed by atoms with Gasteiger partial charge in [0.2, 0.25) is 5.13 Å². The van der Waals surface area contributed by atoms with Gasteiger partial charge in [-0.25, -0.2) is 13.4 Å². The van der Waals surface area contributed by atoms with Crippen LogP contribution in [0.4, 0.5) is 5.13 Å². The third-order valence-corrected chi connectivity index (χ3v) is 5.84. The van der Waals surface area contributed by atoms with Gasteiger partial charge in [-0.1, -0.05) is 6.07 Å². The van der Waals surface area contributed by atoms with Crippen LogP contribution in [0.5, 0.6) is 0 Å². The first-order valence-corrected chi connectivity index (χ1v) is 10.2. The van der Waals surface area contributed by atoms with Gasteiger partial charge in [0.25, 0.3) is 5.91 Å². The Morgan fingerprint density at radius 2 is 1.92 bits per heavy atom. The van der Waals surface area contributed by atoms with Crippen molar-refractivity contribution in [2.24, 2.45) is 0 Å². The van der Waals surface area contributed by atoms with E-state index in [4.69, 9.17) is 0 Å². The number of carbonyl (C=O) groups excluding carboxylic acids is 1. The van der Waals surface area contributed by atoms with Crippen LogP contribution in [-0.2, 0) is 9.84 Å². The Bertz CT molecular complexity index is 855. The normalized spacial score (nSPS) is 15.6. The van der Waals surface area contributed by atoms with Gasteiger partial charge in [0.15, 0.2) is 9.84 Å². The average molecular weight is 366 g/mol. The largest absolute Gasteiger partial charge is 0.343 e. The molecule has 0 atom stereocenters. The van der Waals surface area contributed by atoms with Crippen molar-refractivity contribution in [3.8, 4) is 0 Å². The van der Waals surface area contributed by atoms with E-state index in [9.17, 15) is 13.2 Å². The number of aromatic nitrogens is 2. The van der Waals surface area contributed by atoms with Gasteiger partial charge in [-0.2, -0.15) is 4.37 Å². The quantitative estimate of drug-likeness (QED) is 0.812. The lowest BCUT2D eigenvalue weighted by Gasteiger charge is -2.34. The Kier molecular flexibility index (Phi) is 4.55. The van der Waals surface area contributed by atoms with Crippen molar-refractivity contribution in [2.75, 3.05) is 37.3 Å². The van der Waals surface area contributed by atoms with E-state index >= 15 is 0 Å². The van der Waals surface area contributed by atoms with E-state index in [1.54, 1.807) is 17.0 Å². The summed E-state index contributed by atoms with van der Waals surface area (Å²) in [6, 6.07) is 6.20. The molecule has 1 aromatic carbocycles. The SMILES string of the molecule is Cc1nsc(N2CCN(C(=O)c3cccc(S(C)(=O)=O)c3)CC2)n1. The number of benzene rings is 1. The third-order valence-electron chi connectivity index (χ3n) is 3.86. The molecule has 1 aliphatic rings. The molecule has 0 spiro atoms. The molecule has 1 fully saturated rings. The summed E-state index contributed by atoms with van der Waals surface area (Å²) in [4.78, 5) is 21.0. The molecule has 1 aromatic heterocycles. The van der Waals surface area contributed by atoms with Crippen molar-refractivity contribution in [2.45, 2.75) is 11.8 Å². The fourth-order valence-corrected chi connectivity index (χ4v) is 3.95. The van der Waals surface area contributed by atoms with Crippen molar-refractivity contribution in [3.05, 3.63) is 35.7 Å². The van der Waals surface area contributed by atoms with E-state index in [1.165, 1.54) is 23.7 Å². The molecule has 2 heterocycles. The standard InChI is InChI=1S/C15H18N4O3S2/c1-11-16-15(23-17-11)19-8-6-18(7-9-19)14(20)12-4-3-5-13(10-12)24(2,21)22/h3-5,10H,6-9H2,1-2H3. The fourth-order valence-electron chi connectivity index (χ4n) is 2.56. The topological polar surface area (TPSA) is 83.5 Å². The number of sulfone groups is 1. The van der Waals surface area contributed by atoms with Gasteiger partial charge in [0.05, 0.1) is 4.90 Å². The molecule has 2 aromatic rings. The van der Waals surface area contributed by atoms with E-state index in [1.807, 2.05) is 6.92 Å². The number of aryl methyl sites for hydroxylation is 1. The Balaban J connectivity index is 1.69. The number of nitrogens with zero attached hydrogens (tertiary/aromatic N) is 4. The molecule has 1 aliphatic heterocycles. The summed E-state index contributed by atoms with van der Waals surface area (Å²) in [6.45, 7) is 4.37. The molecule has 3 rings (SSSR count). The van der Waals surface area contributed by atoms with E-state index in [-0.39, 0.29) is 10.8 Å². The lowest BCUT2D eigenvalue weighted by Crippen LogP contribution is -2.48. The van der Waals surface area contributed by atoms with E-state index < -0.39 is 9.84 Å². The molecule has 24 heavy (non-hydrogen) atoms.